The first-order chi connectivity index (χ1) is 16.5. The molecule has 3 heterocycles. The number of nitrogens with zero attached hydrogens (tertiary/aromatic N) is 3. The number of aromatic nitrogens is 3. The second-order valence-electron chi connectivity index (χ2n) is 7.86. The van der Waals surface area contributed by atoms with Crippen LogP contribution in [0.1, 0.15) is 34.7 Å². The third-order valence-corrected chi connectivity index (χ3v) is 6.75. The summed E-state index contributed by atoms with van der Waals surface area (Å²) in [5.74, 6) is 0.412. The summed E-state index contributed by atoms with van der Waals surface area (Å²) in [5.41, 5.74) is 1.65. The average molecular weight is 548 g/mol. The third kappa shape index (κ3) is 6.13. The average Bonchev–Trinajstić information content (AvgIpc) is 3.19. The Bertz CT molecular complexity index is 1130. The summed E-state index contributed by atoms with van der Waals surface area (Å²) < 4.78 is 5.58. The van der Waals surface area contributed by atoms with Gasteiger partial charge in [0, 0.05) is 25.5 Å². The van der Waals surface area contributed by atoms with Crippen molar-refractivity contribution in [3.05, 3.63) is 69.4 Å². The van der Waals surface area contributed by atoms with Gasteiger partial charge in [0.15, 0.2) is 0 Å². The second-order valence-corrected chi connectivity index (χ2v) is 9.06. The van der Waals surface area contributed by atoms with Crippen LogP contribution in [0.15, 0.2) is 53.3 Å². The highest BCUT2D eigenvalue weighted by molar-refractivity contribution is 9.10. The van der Waals surface area contributed by atoms with Gasteiger partial charge >= 0.3 is 6.09 Å². The number of halogens is 2. The number of H-pyrrole nitrogens is 1. The highest BCUT2D eigenvalue weighted by Crippen LogP contribution is 2.30. The molecule has 1 fully saturated rings. The monoisotopic (exact) mass is 546 g/mol. The van der Waals surface area contributed by atoms with Gasteiger partial charge in [0.1, 0.15) is 10.3 Å². The van der Waals surface area contributed by atoms with Crippen LogP contribution in [0.2, 0.25) is 5.02 Å². The maximum absolute atomic E-state index is 12.4. The Labute approximate surface area is 210 Å². The van der Waals surface area contributed by atoms with E-state index in [-0.39, 0.29) is 11.7 Å². The molecule has 9 nitrogen and oxygen atoms in total. The van der Waals surface area contributed by atoms with Crippen LogP contribution in [0.5, 0.6) is 5.88 Å². The number of likely N-dealkylation sites (tertiary alicyclic amines) is 1. The minimum Gasteiger partial charge on any atom is -0.388 e. The number of carbonyl (C=O) groups excluding carboxylic acids is 2. The van der Waals surface area contributed by atoms with Crippen molar-refractivity contribution >= 4 is 45.3 Å². The molecule has 2 amide bonds. The van der Waals surface area contributed by atoms with Crippen LogP contribution in [-0.4, -0.2) is 58.3 Å². The molecule has 3 aromatic rings. The molecule has 11 heteroatoms. The number of piperidine rings is 1. The zero-order chi connectivity index (χ0) is 23.9. The van der Waals surface area contributed by atoms with Gasteiger partial charge in [0.25, 0.3) is 11.8 Å². The van der Waals surface area contributed by atoms with Crippen LogP contribution in [0.4, 0.5) is 10.6 Å². The van der Waals surface area contributed by atoms with Gasteiger partial charge in [-0.05, 0) is 77.6 Å². The van der Waals surface area contributed by atoms with Crippen molar-refractivity contribution in [3.8, 4) is 5.88 Å². The fraction of sp³-hybridized carbons (Fsp3) is 0.304. The molecule has 1 aromatic carbocycles. The van der Waals surface area contributed by atoms with Gasteiger partial charge in [0.05, 0.1) is 10.6 Å². The summed E-state index contributed by atoms with van der Waals surface area (Å²) in [7, 11) is 0. The number of hydrogen-bond donors (Lipinski definition) is 3. The van der Waals surface area contributed by atoms with Gasteiger partial charge < -0.3 is 20.3 Å². The summed E-state index contributed by atoms with van der Waals surface area (Å²) in [4.78, 5) is 31.0. The highest BCUT2D eigenvalue weighted by Gasteiger charge is 2.21. The zero-order valence-electron chi connectivity index (χ0n) is 18.3. The molecule has 0 atom stereocenters. The Morgan fingerprint density at radius 2 is 1.91 bits per heavy atom. The number of aromatic amines is 1. The topological polar surface area (TPSA) is 112 Å². The van der Waals surface area contributed by atoms with Crippen LogP contribution >= 0.6 is 27.5 Å². The predicted octanol–water partition coefficient (Wildman–Crippen LogP) is 4.44. The van der Waals surface area contributed by atoms with E-state index in [1.165, 1.54) is 5.56 Å². The van der Waals surface area contributed by atoms with Gasteiger partial charge in [-0.25, -0.2) is 4.79 Å². The number of carbonyl (C=O) groups is 2. The molecule has 0 aliphatic carbocycles. The second kappa shape index (κ2) is 11.5. The number of benzene rings is 1. The number of anilines is 1. The number of pyridine rings is 1. The fourth-order valence-corrected chi connectivity index (χ4v) is 4.43. The first kappa shape index (κ1) is 24.2. The molecule has 2 aromatic heterocycles. The lowest BCUT2D eigenvalue weighted by Gasteiger charge is -2.32. The van der Waals surface area contributed by atoms with Crippen molar-refractivity contribution < 1.29 is 14.3 Å². The van der Waals surface area contributed by atoms with Gasteiger partial charge in [-0.15, -0.1) is 5.10 Å². The number of ether oxygens (including phenoxy) is 1. The number of nitrogens with one attached hydrogen (secondary N) is 3. The van der Waals surface area contributed by atoms with E-state index in [4.69, 9.17) is 16.3 Å². The molecule has 4 rings (SSSR count). The first-order valence-corrected chi connectivity index (χ1v) is 12.1. The van der Waals surface area contributed by atoms with Crippen LogP contribution in [0.3, 0.4) is 0 Å². The number of rotatable bonds is 7. The minimum atomic E-state index is -0.622. The van der Waals surface area contributed by atoms with Crippen molar-refractivity contribution in [2.45, 2.75) is 18.8 Å². The summed E-state index contributed by atoms with van der Waals surface area (Å²) in [6.07, 6.45) is 5.22. The Morgan fingerprint density at radius 3 is 2.65 bits per heavy atom. The molecule has 1 aliphatic rings. The molecule has 34 heavy (non-hydrogen) atoms. The fourth-order valence-electron chi connectivity index (χ4n) is 3.85. The first-order valence-electron chi connectivity index (χ1n) is 10.9. The summed E-state index contributed by atoms with van der Waals surface area (Å²) >= 11 is 9.35. The highest BCUT2D eigenvalue weighted by atomic mass is 79.9. The van der Waals surface area contributed by atoms with Crippen LogP contribution < -0.4 is 15.4 Å². The smallest absolute Gasteiger partial charge is 0.388 e. The summed E-state index contributed by atoms with van der Waals surface area (Å²) in [6.45, 7) is 3.14. The molecule has 178 valence electrons. The molecule has 1 aliphatic heterocycles. The Hall–Kier alpha value is -2.95. The minimum absolute atomic E-state index is 0.0186. The molecule has 0 unspecified atom stereocenters. The quantitative estimate of drug-likeness (QED) is 0.403. The molecule has 0 spiro atoms. The van der Waals surface area contributed by atoms with Crippen molar-refractivity contribution in [1.29, 1.82) is 0 Å². The van der Waals surface area contributed by atoms with Crippen molar-refractivity contribution in [2.75, 3.05) is 31.5 Å². The van der Waals surface area contributed by atoms with Gasteiger partial charge in [-0.2, -0.15) is 0 Å². The van der Waals surface area contributed by atoms with E-state index in [0.717, 1.165) is 32.5 Å². The van der Waals surface area contributed by atoms with E-state index < -0.39 is 12.0 Å². The van der Waals surface area contributed by atoms with Crippen LogP contribution in [-0.2, 0) is 0 Å². The summed E-state index contributed by atoms with van der Waals surface area (Å²) in [6, 6.07) is 10.8. The molecule has 0 radical (unpaired) electrons. The normalized spacial score (nSPS) is 14.5. The van der Waals surface area contributed by atoms with Crippen molar-refractivity contribution in [3.63, 3.8) is 0 Å². The van der Waals surface area contributed by atoms with Crippen molar-refractivity contribution in [1.82, 2.24) is 25.4 Å². The van der Waals surface area contributed by atoms with Crippen molar-refractivity contribution in [2.24, 2.45) is 0 Å². The largest absolute Gasteiger partial charge is 0.414 e. The van der Waals surface area contributed by atoms with Gasteiger partial charge in [-0.3, -0.25) is 14.9 Å². The third-order valence-electron chi connectivity index (χ3n) is 5.69. The Balaban J connectivity index is 1.20. The molecule has 0 bridgehead atoms. The molecule has 0 saturated carbocycles. The van der Waals surface area contributed by atoms with E-state index in [0.29, 0.717) is 27.5 Å². The lowest BCUT2D eigenvalue weighted by molar-refractivity contribution is 0.102. The number of amides is 2. The SMILES string of the molecule is O=C(NCCN1CCC(c2ccncc2)CC1)Oc1n[nH]c(NC(=O)c2ccccc2Cl)c1Br. The standard InChI is InChI=1S/C23H24BrClN6O3/c24-19-20(28-21(32)17-3-1-2-4-18(17)25)29-30-22(19)34-23(33)27-11-14-31-12-7-16(8-13-31)15-5-9-26-10-6-15/h1-6,9-10,16H,7-8,11-14H2,(H,27,33)(H2,28,29,30,32). The summed E-state index contributed by atoms with van der Waals surface area (Å²) in [5, 5.41) is 12.3. The molecule has 1 saturated heterocycles. The zero-order valence-corrected chi connectivity index (χ0v) is 20.6. The lowest BCUT2D eigenvalue weighted by atomic mass is 9.90. The van der Waals surface area contributed by atoms with Gasteiger partial charge in [0.2, 0.25) is 0 Å². The van der Waals surface area contributed by atoms with E-state index in [2.05, 4.69) is 58.8 Å². The van der Waals surface area contributed by atoms with E-state index in [1.54, 1.807) is 24.3 Å². The Morgan fingerprint density at radius 1 is 1.18 bits per heavy atom. The maximum atomic E-state index is 12.4. The molecular weight excluding hydrogens is 524 g/mol. The number of hydrogen-bond acceptors (Lipinski definition) is 6. The Kier molecular flexibility index (Phi) is 8.15. The molecular formula is C23H24BrClN6O3. The van der Waals surface area contributed by atoms with Gasteiger partial charge in [-0.1, -0.05) is 23.7 Å². The van der Waals surface area contributed by atoms with E-state index in [9.17, 15) is 9.59 Å². The van der Waals surface area contributed by atoms with E-state index >= 15 is 0 Å². The molecule has 3 N–H and O–H groups in total. The predicted molar refractivity (Wildman–Crippen MR) is 132 cm³/mol. The van der Waals surface area contributed by atoms with Crippen LogP contribution in [0, 0.1) is 0 Å². The van der Waals surface area contributed by atoms with E-state index in [1.807, 2.05) is 12.4 Å². The maximum Gasteiger partial charge on any atom is 0.414 e. The lowest BCUT2D eigenvalue weighted by Crippen LogP contribution is -2.39. The van der Waals surface area contributed by atoms with Crippen LogP contribution in [0.25, 0.3) is 0 Å².